The highest BCUT2D eigenvalue weighted by atomic mass is 16.6. The van der Waals surface area contributed by atoms with Gasteiger partial charge >= 0.3 is 5.82 Å². The van der Waals surface area contributed by atoms with Gasteiger partial charge in [-0.1, -0.05) is 0 Å². The standard InChI is InChI=1S/C11H15N3O3/c1-2-17-9-6-8(7-9)13-10-4-3-5-12-11(10)14(15)16/h3-5,8-9,13H,2,6-7H2,1H3. The fourth-order valence-electron chi connectivity index (χ4n) is 1.93. The summed E-state index contributed by atoms with van der Waals surface area (Å²) in [6.07, 6.45) is 3.49. The van der Waals surface area contributed by atoms with Crippen molar-refractivity contribution in [2.75, 3.05) is 11.9 Å². The van der Waals surface area contributed by atoms with E-state index in [0.717, 1.165) is 12.8 Å². The lowest BCUT2D eigenvalue weighted by molar-refractivity contribution is -0.388. The average Bonchev–Trinajstić information content (AvgIpc) is 2.26. The van der Waals surface area contributed by atoms with Crippen LogP contribution in [0.15, 0.2) is 18.3 Å². The smallest absolute Gasteiger partial charge is 0.378 e. The van der Waals surface area contributed by atoms with Crippen LogP contribution < -0.4 is 5.32 Å². The summed E-state index contributed by atoms with van der Waals surface area (Å²) in [5, 5.41) is 13.9. The minimum atomic E-state index is -0.471. The third kappa shape index (κ3) is 2.71. The maximum absolute atomic E-state index is 10.8. The predicted octanol–water partition coefficient (Wildman–Crippen LogP) is 1.97. The van der Waals surface area contributed by atoms with Crippen LogP contribution in [0.4, 0.5) is 11.5 Å². The number of hydrogen-bond acceptors (Lipinski definition) is 5. The predicted molar refractivity (Wildman–Crippen MR) is 63.0 cm³/mol. The van der Waals surface area contributed by atoms with Gasteiger partial charge in [0.1, 0.15) is 11.9 Å². The second kappa shape index (κ2) is 5.09. The maximum atomic E-state index is 10.8. The molecule has 1 aliphatic rings. The first-order valence-corrected chi connectivity index (χ1v) is 5.68. The lowest BCUT2D eigenvalue weighted by Gasteiger charge is -2.35. The molecule has 6 heteroatoms. The molecule has 1 aromatic heterocycles. The Balaban J connectivity index is 1.94. The van der Waals surface area contributed by atoms with Crippen LogP contribution in [-0.4, -0.2) is 28.7 Å². The SMILES string of the molecule is CCOC1CC(Nc2cccnc2[N+](=O)[O-])C1. The van der Waals surface area contributed by atoms with Gasteiger partial charge in [0.15, 0.2) is 0 Å². The van der Waals surface area contributed by atoms with Crippen molar-refractivity contribution in [3.05, 3.63) is 28.4 Å². The number of nitrogens with zero attached hydrogens (tertiary/aromatic N) is 2. The first kappa shape index (κ1) is 11.8. The van der Waals surface area contributed by atoms with E-state index in [9.17, 15) is 10.1 Å². The van der Waals surface area contributed by atoms with E-state index in [4.69, 9.17) is 4.74 Å². The molecule has 0 atom stereocenters. The minimum absolute atomic E-state index is 0.118. The van der Waals surface area contributed by atoms with Gasteiger partial charge in [0.25, 0.3) is 0 Å². The summed E-state index contributed by atoms with van der Waals surface area (Å²) in [7, 11) is 0. The molecule has 0 spiro atoms. The molecule has 0 bridgehead atoms. The molecular weight excluding hydrogens is 222 g/mol. The van der Waals surface area contributed by atoms with Crippen molar-refractivity contribution in [1.82, 2.24) is 4.98 Å². The topological polar surface area (TPSA) is 77.3 Å². The lowest BCUT2D eigenvalue weighted by Crippen LogP contribution is -2.40. The highest BCUT2D eigenvalue weighted by Crippen LogP contribution is 2.29. The number of anilines is 1. The quantitative estimate of drug-likeness (QED) is 0.625. The van der Waals surface area contributed by atoms with E-state index in [2.05, 4.69) is 10.3 Å². The number of ether oxygens (including phenoxy) is 1. The number of nitro groups is 1. The van der Waals surface area contributed by atoms with Crippen molar-refractivity contribution in [3.63, 3.8) is 0 Å². The molecule has 0 saturated heterocycles. The Labute approximate surface area is 99.2 Å². The molecule has 0 radical (unpaired) electrons. The average molecular weight is 237 g/mol. The Morgan fingerprint density at radius 3 is 3.06 bits per heavy atom. The Morgan fingerprint density at radius 1 is 1.65 bits per heavy atom. The summed E-state index contributed by atoms with van der Waals surface area (Å²) in [5.41, 5.74) is 0.484. The van der Waals surface area contributed by atoms with Gasteiger partial charge in [0.05, 0.1) is 6.10 Å². The zero-order chi connectivity index (χ0) is 12.3. The third-order valence-electron chi connectivity index (χ3n) is 2.82. The molecular formula is C11H15N3O3. The number of pyridine rings is 1. The Kier molecular flexibility index (Phi) is 3.53. The molecule has 1 fully saturated rings. The Hall–Kier alpha value is -1.69. The second-order valence-corrected chi connectivity index (χ2v) is 4.02. The van der Waals surface area contributed by atoms with E-state index in [1.165, 1.54) is 6.20 Å². The van der Waals surface area contributed by atoms with Crippen LogP contribution in [0.1, 0.15) is 19.8 Å². The Bertz CT molecular complexity index is 405. The van der Waals surface area contributed by atoms with Gasteiger partial charge in [-0.15, -0.1) is 0 Å². The van der Waals surface area contributed by atoms with Crippen molar-refractivity contribution in [1.29, 1.82) is 0 Å². The molecule has 0 aliphatic heterocycles. The molecule has 0 unspecified atom stereocenters. The summed E-state index contributed by atoms with van der Waals surface area (Å²) in [6.45, 7) is 2.68. The van der Waals surface area contributed by atoms with Crippen LogP contribution in [0.5, 0.6) is 0 Å². The molecule has 1 N–H and O–H groups in total. The first-order chi connectivity index (χ1) is 8.20. The molecule has 1 aromatic rings. The van der Waals surface area contributed by atoms with Crippen LogP contribution in [0, 0.1) is 10.1 Å². The summed E-state index contributed by atoms with van der Waals surface area (Å²) in [5.74, 6) is -0.118. The van der Waals surface area contributed by atoms with Gasteiger partial charge in [0, 0.05) is 12.6 Å². The molecule has 1 saturated carbocycles. The van der Waals surface area contributed by atoms with Crippen molar-refractivity contribution in [2.45, 2.75) is 31.9 Å². The van der Waals surface area contributed by atoms with Crippen molar-refractivity contribution < 1.29 is 9.66 Å². The van der Waals surface area contributed by atoms with Crippen molar-refractivity contribution >= 4 is 11.5 Å². The van der Waals surface area contributed by atoms with Crippen LogP contribution >= 0.6 is 0 Å². The fraction of sp³-hybridized carbons (Fsp3) is 0.545. The van der Waals surface area contributed by atoms with Gasteiger partial charge in [0.2, 0.25) is 0 Å². The van der Waals surface area contributed by atoms with E-state index in [1.807, 2.05) is 6.92 Å². The summed E-state index contributed by atoms with van der Waals surface area (Å²) < 4.78 is 5.43. The van der Waals surface area contributed by atoms with Crippen molar-refractivity contribution in [3.8, 4) is 0 Å². The van der Waals surface area contributed by atoms with E-state index in [0.29, 0.717) is 12.3 Å². The molecule has 6 nitrogen and oxygen atoms in total. The molecule has 2 rings (SSSR count). The van der Waals surface area contributed by atoms with Crippen LogP contribution in [0.3, 0.4) is 0 Å². The monoisotopic (exact) mass is 237 g/mol. The highest BCUT2D eigenvalue weighted by molar-refractivity contribution is 5.57. The van der Waals surface area contributed by atoms with Gasteiger partial charge in [-0.2, -0.15) is 0 Å². The van der Waals surface area contributed by atoms with Gasteiger partial charge in [-0.25, -0.2) is 0 Å². The van der Waals surface area contributed by atoms with Crippen LogP contribution in [0.25, 0.3) is 0 Å². The molecule has 17 heavy (non-hydrogen) atoms. The van der Waals surface area contributed by atoms with Crippen LogP contribution in [0.2, 0.25) is 0 Å². The highest BCUT2D eigenvalue weighted by Gasteiger charge is 2.31. The number of nitrogens with one attached hydrogen (secondary N) is 1. The minimum Gasteiger partial charge on any atom is -0.378 e. The number of rotatable bonds is 5. The molecule has 0 amide bonds. The summed E-state index contributed by atoms with van der Waals surface area (Å²) in [4.78, 5) is 14.0. The van der Waals surface area contributed by atoms with Crippen LogP contribution in [-0.2, 0) is 4.74 Å². The van der Waals surface area contributed by atoms with Crippen molar-refractivity contribution in [2.24, 2.45) is 0 Å². The second-order valence-electron chi connectivity index (χ2n) is 4.02. The molecule has 1 heterocycles. The van der Waals surface area contributed by atoms with E-state index in [-0.39, 0.29) is 18.0 Å². The molecule has 92 valence electrons. The lowest BCUT2D eigenvalue weighted by atomic mass is 9.89. The zero-order valence-electron chi connectivity index (χ0n) is 9.63. The van der Waals surface area contributed by atoms with Gasteiger partial charge in [-0.05, 0) is 41.8 Å². The largest absolute Gasteiger partial charge is 0.386 e. The first-order valence-electron chi connectivity index (χ1n) is 5.68. The zero-order valence-corrected chi connectivity index (χ0v) is 9.63. The Morgan fingerprint density at radius 2 is 2.41 bits per heavy atom. The summed E-state index contributed by atoms with van der Waals surface area (Å²) >= 11 is 0. The summed E-state index contributed by atoms with van der Waals surface area (Å²) in [6, 6.07) is 3.61. The molecule has 1 aliphatic carbocycles. The van der Waals surface area contributed by atoms with Gasteiger partial charge in [-0.3, -0.25) is 0 Å². The normalized spacial score (nSPS) is 22.9. The van der Waals surface area contributed by atoms with E-state index >= 15 is 0 Å². The van der Waals surface area contributed by atoms with Gasteiger partial charge < -0.3 is 20.2 Å². The maximum Gasteiger partial charge on any atom is 0.386 e. The third-order valence-corrected chi connectivity index (χ3v) is 2.82. The number of aromatic nitrogens is 1. The molecule has 0 aromatic carbocycles. The fourth-order valence-corrected chi connectivity index (χ4v) is 1.93. The van der Waals surface area contributed by atoms with E-state index in [1.54, 1.807) is 12.1 Å². The van der Waals surface area contributed by atoms with E-state index < -0.39 is 4.92 Å². The number of hydrogen-bond donors (Lipinski definition) is 1.